The van der Waals surface area contributed by atoms with Gasteiger partial charge in [0.05, 0.1) is 5.51 Å². The van der Waals surface area contributed by atoms with E-state index in [2.05, 4.69) is 22.0 Å². The zero-order valence-electron chi connectivity index (χ0n) is 12.0. The van der Waals surface area contributed by atoms with E-state index in [-0.39, 0.29) is 5.91 Å². The smallest absolute Gasteiger partial charge is 0.273 e. The van der Waals surface area contributed by atoms with Gasteiger partial charge in [0.2, 0.25) is 0 Å². The van der Waals surface area contributed by atoms with Crippen LogP contribution in [0.15, 0.2) is 35.2 Å². The van der Waals surface area contributed by atoms with Crippen LogP contribution in [-0.2, 0) is 6.54 Å². The molecule has 2 aromatic rings. The van der Waals surface area contributed by atoms with Gasteiger partial charge in [-0.2, -0.15) is 0 Å². The number of rotatable bonds is 3. The molecule has 2 aliphatic heterocycles. The zero-order valence-corrected chi connectivity index (χ0v) is 13.6. The first-order chi connectivity index (χ1) is 10.7. The minimum atomic E-state index is 0.0714. The molecule has 0 aliphatic carbocycles. The number of thiazole rings is 1. The van der Waals surface area contributed by atoms with Crippen LogP contribution in [0.5, 0.6) is 0 Å². The number of likely N-dealkylation sites (tertiary alicyclic amines) is 2. The van der Waals surface area contributed by atoms with Crippen LogP contribution < -0.4 is 0 Å². The van der Waals surface area contributed by atoms with Gasteiger partial charge in [0, 0.05) is 48.5 Å². The third-order valence-corrected chi connectivity index (χ3v) is 5.42. The van der Waals surface area contributed by atoms with Gasteiger partial charge < -0.3 is 4.90 Å². The molecule has 3 heterocycles. The standard InChI is InChI=1S/C16H16ClN3OS/c17-13-3-1-11(2-4-13)5-19-6-12-7-20(8-15(12)19)16(21)14-9-22-10-18-14/h1-4,9-10,12,15H,5-8H2/t12-,15+/m1/s1. The van der Waals surface area contributed by atoms with Crippen molar-refractivity contribution in [1.29, 1.82) is 0 Å². The molecule has 0 spiro atoms. The average molecular weight is 334 g/mol. The average Bonchev–Trinajstić information content (AvgIpc) is 3.14. The number of halogens is 1. The van der Waals surface area contributed by atoms with Crippen LogP contribution in [0.25, 0.3) is 0 Å². The van der Waals surface area contributed by atoms with Crippen molar-refractivity contribution in [3.63, 3.8) is 0 Å². The summed E-state index contributed by atoms with van der Waals surface area (Å²) >= 11 is 7.39. The van der Waals surface area contributed by atoms with Crippen LogP contribution in [0.1, 0.15) is 16.1 Å². The van der Waals surface area contributed by atoms with Gasteiger partial charge >= 0.3 is 0 Å². The van der Waals surface area contributed by atoms with Gasteiger partial charge in [-0.3, -0.25) is 9.69 Å². The van der Waals surface area contributed by atoms with E-state index in [0.29, 0.717) is 17.7 Å². The molecule has 6 heteroatoms. The number of hydrogen-bond donors (Lipinski definition) is 0. The van der Waals surface area contributed by atoms with Gasteiger partial charge in [-0.05, 0) is 17.7 Å². The maximum Gasteiger partial charge on any atom is 0.273 e. The molecule has 2 aliphatic rings. The Balaban J connectivity index is 1.39. The van der Waals surface area contributed by atoms with E-state index < -0.39 is 0 Å². The normalized spacial score (nSPS) is 24.1. The van der Waals surface area contributed by atoms with Crippen LogP contribution in [0, 0.1) is 5.92 Å². The molecule has 1 amide bonds. The first-order valence-electron chi connectivity index (χ1n) is 7.36. The predicted molar refractivity (Wildman–Crippen MR) is 87.2 cm³/mol. The van der Waals surface area contributed by atoms with Crippen LogP contribution >= 0.6 is 22.9 Å². The Bertz CT molecular complexity index is 673. The van der Waals surface area contributed by atoms with Crippen molar-refractivity contribution in [2.75, 3.05) is 19.6 Å². The first-order valence-corrected chi connectivity index (χ1v) is 8.69. The van der Waals surface area contributed by atoms with Crippen molar-refractivity contribution in [1.82, 2.24) is 14.8 Å². The Kier molecular flexibility index (Phi) is 3.64. The van der Waals surface area contributed by atoms with Gasteiger partial charge in [-0.15, -0.1) is 11.3 Å². The Labute approximate surface area is 138 Å². The summed E-state index contributed by atoms with van der Waals surface area (Å²) in [7, 11) is 0. The number of hydrogen-bond acceptors (Lipinski definition) is 4. The lowest BCUT2D eigenvalue weighted by Gasteiger charge is -2.43. The van der Waals surface area contributed by atoms with Crippen molar-refractivity contribution in [2.45, 2.75) is 12.6 Å². The summed E-state index contributed by atoms with van der Waals surface area (Å²) in [5.74, 6) is 0.678. The number of nitrogens with zero attached hydrogens (tertiary/aromatic N) is 3. The first kappa shape index (κ1) is 14.2. The maximum absolute atomic E-state index is 12.4. The van der Waals surface area contributed by atoms with Crippen LogP contribution in [-0.4, -0.2) is 46.4 Å². The van der Waals surface area contributed by atoms with Crippen LogP contribution in [0.2, 0.25) is 5.02 Å². The molecular weight excluding hydrogens is 318 g/mol. The molecular formula is C16H16ClN3OS. The summed E-state index contributed by atoms with van der Waals surface area (Å²) in [5.41, 5.74) is 3.56. The number of fused-ring (bicyclic) bond motifs is 1. The van der Waals surface area contributed by atoms with Crippen molar-refractivity contribution in [3.05, 3.63) is 51.4 Å². The molecule has 0 N–H and O–H groups in total. The molecule has 0 saturated carbocycles. The van der Waals surface area contributed by atoms with E-state index in [1.54, 1.807) is 5.51 Å². The third kappa shape index (κ3) is 2.53. The summed E-state index contributed by atoms with van der Waals surface area (Å²) in [6.45, 7) is 3.66. The van der Waals surface area contributed by atoms with Crippen molar-refractivity contribution in [2.24, 2.45) is 5.92 Å². The summed E-state index contributed by atoms with van der Waals surface area (Å²) in [6.07, 6.45) is 0. The van der Waals surface area contributed by atoms with Crippen molar-refractivity contribution < 1.29 is 4.79 Å². The van der Waals surface area contributed by atoms with Crippen LogP contribution in [0.4, 0.5) is 0 Å². The van der Waals surface area contributed by atoms with Crippen LogP contribution in [0.3, 0.4) is 0 Å². The molecule has 1 aromatic heterocycles. The van der Waals surface area contributed by atoms with Crippen molar-refractivity contribution >= 4 is 28.8 Å². The molecule has 0 bridgehead atoms. The highest BCUT2D eigenvalue weighted by molar-refractivity contribution is 7.07. The van der Waals surface area contributed by atoms with E-state index in [1.807, 2.05) is 22.4 Å². The molecule has 2 fully saturated rings. The van der Waals surface area contributed by atoms with Gasteiger partial charge in [0.25, 0.3) is 5.91 Å². The number of amides is 1. The monoisotopic (exact) mass is 333 g/mol. The fourth-order valence-corrected chi connectivity index (χ4v) is 4.05. The minimum Gasteiger partial charge on any atom is -0.335 e. The summed E-state index contributed by atoms with van der Waals surface area (Å²) < 4.78 is 0. The highest BCUT2D eigenvalue weighted by Crippen LogP contribution is 2.34. The number of benzene rings is 1. The van der Waals surface area contributed by atoms with E-state index in [4.69, 9.17) is 11.6 Å². The second-order valence-corrected chi connectivity index (χ2v) is 7.12. The lowest BCUT2D eigenvalue weighted by atomic mass is 9.91. The highest BCUT2D eigenvalue weighted by atomic mass is 35.5. The topological polar surface area (TPSA) is 36.4 Å². The van der Waals surface area contributed by atoms with E-state index >= 15 is 0 Å². The van der Waals surface area contributed by atoms with Gasteiger partial charge in [-0.1, -0.05) is 23.7 Å². The molecule has 1 aromatic carbocycles. The molecule has 2 saturated heterocycles. The Morgan fingerprint density at radius 3 is 2.82 bits per heavy atom. The van der Waals surface area contributed by atoms with Gasteiger partial charge in [0.1, 0.15) is 5.69 Å². The molecule has 4 nitrogen and oxygen atoms in total. The summed E-state index contributed by atoms with van der Waals surface area (Å²) in [6, 6.07) is 8.49. The SMILES string of the molecule is O=C(c1cscn1)N1C[C@H]2CN(Cc3ccc(Cl)cc3)[C@H]2C1. The second kappa shape index (κ2) is 5.65. The largest absolute Gasteiger partial charge is 0.335 e. The minimum absolute atomic E-state index is 0.0714. The maximum atomic E-state index is 12.4. The Morgan fingerprint density at radius 2 is 2.09 bits per heavy atom. The van der Waals surface area contributed by atoms with Gasteiger partial charge in [0.15, 0.2) is 0 Å². The molecule has 4 rings (SSSR count). The summed E-state index contributed by atoms with van der Waals surface area (Å²) in [5, 5.41) is 2.60. The number of carbonyl (C=O) groups excluding carboxylic acids is 1. The fraction of sp³-hybridized carbons (Fsp3) is 0.375. The van der Waals surface area contributed by atoms with Gasteiger partial charge in [-0.25, -0.2) is 4.98 Å². The lowest BCUT2D eigenvalue weighted by Crippen LogP contribution is -2.54. The third-order valence-electron chi connectivity index (χ3n) is 4.58. The lowest BCUT2D eigenvalue weighted by molar-refractivity contribution is 0.0433. The summed E-state index contributed by atoms with van der Waals surface area (Å²) in [4.78, 5) is 20.9. The fourth-order valence-electron chi connectivity index (χ4n) is 3.40. The molecule has 22 heavy (non-hydrogen) atoms. The Hall–Kier alpha value is -1.43. The van der Waals surface area contributed by atoms with E-state index in [0.717, 1.165) is 31.2 Å². The predicted octanol–water partition coefficient (Wildman–Crippen LogP) is 2.75. The number of aromatic nitrogens is 1. The molecule has 114 valence electrons. The molecule has 0 unspecified atom stereocenters. The molecule has 0 radical (unpaired) electrons. The zero-order chi connectivity index (χ0) is 15.1. The van der Waals surface area contributed by atoms with E-state index in [9.17, 15) is 4.79 Å². The quantitative estimate of drug-likeness (QED) is 0.866. The second-order valence-electron chi connectivity index (χ2n) is 5.97. The Morgan fingerprint density at radius 1 is 1.27 bits per heavy atom. The molecule has 2 atom stereocenters. The number of carbonyl (C=O) groups is 1. The van der Waals surface area contributed by atoms with E-state index in [1.165, 1.54) is 16.9 Å². The van der Waals surface area contributed by atoms with Crippen molar-refractivity contribution in [3.8, 4) is 0 Å². The highest BCUT2D eigenvalue weighted by Gasteiger charge is 2.46.